The van der Waals surface area contributed by atoms with Gasteiger partial charge in [-0.3, -0.25) is 20.3 Å². The Morgan fingerprint density at radius 2 is 2.10 bits per heavy atom. The van der Waals surface area contributed by atoms with Gasteiger partial charge in [0.1, 0.15) is 5.78 Å². The summed E-state index contributed by atoms with van der Waals surface area (Å²) in [6.07, 6.45) is 0. The highest BCUT2D eigenvalue weighted by Gasteiger charge is 2.09. The van der Waals surface area contributed by atoms with Crippen molar-refractivity contribution < 1.29 is 4.79 Å². The van der Waals surface area contributed by atoms with E-state index in [1.807, 2.05) is 4.90 Å². The number of carbonyl (C=O) groups excluding carboxylic acids is 1. The molecule has 0 bridgehead atoms. The van der Waals surface area contributed by atoms with Crippen LogP contribution in [0.25, 0.3) is 0 Å². The molecule has 0 aromatic rings. The number of hydrogen-bond donors (Lipinski definition) is 2. The molecule has 58 valence electrons. The van der Waals surface area contributed by atoms with E-state index in [1.165, 1.54) is 0 Å². The molecule has 0 amide bonds. The minimum absolute atomic E-state index is 0.213. The Kier molecular flexibility index (Phi) is 2.80. The summed E-state index contributed by atoms with van der Waals surface area (Å²) < 4.78 is 0. The number of carbonyl (C=O) groups is 1. The van der Waals surface area contributed by atoms with E-state index < -0.39 is 0 Å². The molecule has 0 saturated carbocycles. The van der Waals surface area contributed by atoms with Crippen molar-refractivity contribution in [2.45, 2.75) is 6.92 Å². The van der Waals surface area contributed by atoms with Gasteiger partial charge in [0.15, 0.2) is 0 Å². The van der Waals surface area contributed by atoms with E-state index in [1.54, 1.807) is 6.92 Å². The minimum Gasteiger partial charge on any atom is -0.299 e. The van der Waals surface area contributed by atoms with Crippen LogP contribution in [-0.4, -0.2) is 37.2 Å². The van der Waals surface area contributed by atoms with Crippen molar-refractivity contribution in [3.63, 3.8) is 0 Å². The van der Waals surface area contributed by atoms with E-state index in [2.05, 4.69) is 10.6 Å². The predicted octanol–water partition coefficient (Wildman–Crippen LogP) is -1.06. The first-order valence-corrected chi connectivity index (χ1v) is 3.42. The van der Waals surface area contributed by atoms with Crippen LogP contribution in [0.1, 0.15) is 6.92 Å². The van der Waals surface area contributed by atoms with Crippen molar-refractivity contribution in [2.75, 3.05) is 26.6 Å². The molecule has 4 nitrogen and oxygen atoms in total. The molecule has 2 N–H and O–H groups in total. The smallest absolute Gasteiger partial charge is 0.143 e. The number of hydrogen-bond acceptors (Lipinski definition) is 4. The van der Waals surface area contributed by atoms with Crippen LogP contribution >= 0.6 is 0 Å². The van der Waals surface area contributed by atoms with Crippen LogP contribution in [0.15, 0.2) is 0 Å². The second-order valence-corrected chi connectivity index (χ2v) is 2.52. The Bertz CT molecular complexity index is 120. The Labute approximate surface area is 60.6 Å². The van der Waals surface area contributed by atoms with Crippen LogP contribution in [0.3, 0.4) is 0 Å². The molecular formula is C6H13N3O. The molecule has 10 heavy (non-hydrogen) atoms. The molecule has 1 fully saturated rings. The van der Waals surface area contributed by atoms with Crippen molar-refractivity contribution in [1.82, 2.24) is 15.5 Å². The highest BCUT2D eigenvalue weighted by molar-refractivity contribution is 5.77. The van der Waals surface area contributed by atoms with E-state index in [0.29, 0.717) is 6.54 Å². The summed E-state index contributed by atoms with van der Waals surface area (Å²) in [6, 6.07) is 0. The summed E-state index contributed by atoms with van der Waals surface area (Å²) in [5, 5.41) is 6.21. The molecule has 1 saturated heterocycles. The Morgan fingerprint density at radius 3 is 2.60 bits per heavy atom. The molecule has 0 atom stereocenters. The lowest BCUT2D eigenvalue weighted by atomic mass is 10.4. The van der Waals surface area contributed by atoms with Gasteiger partial charge in [0.2, 0.25) is 0 Å². The van der Waals surface area contributed by atoms with Gasteiger partial charge in [0, 0.05) is 6.67 Å². The van der Waals surface area contributed by atoms with Gasteiger partial charge in [0.05, 0.1) is 19.9 Å². The highest BCUT2D eigenvalue weighted by atomic mass is 16.1. The average molecular weight is 143 g/mol. The number of ketones is 1. The third kappa shape index (κ3) is 2.43. The van der Waals surface area contributed by atoms with E-state index in [4.69, 9.17) is 0 Å². The first kappa shape index (κ1) is 7.65. The van der Waals surface area contributed by atoms with Gasteiger partial charge in [-0.25, -0.2) is 0 Å². The lowest BCUT2D eigenvalue weighted by Gasteiger charge is -2.26. The van der Waals surface area contributed by atoms with Crippen molar-refractivity contribution >= 4 is 5.78 Å². The van der Waals surface area contributed by atoms with E-state index in [0.717, 1.165) is 20.0 Å². The summed E-state index contributed by atoms with van der Waals surface area (Å²) in [5.41, 5.74) is 0. The molecule has 0 unspecified atom stereocenters. The Morgan fingerprint density at radius 1 is 1.50 bits per heavy atom. The van der Waals surface area contributed by atoms with Crippen molar-refractivity contribution in [3.8, 4) is 0 Å². The van der Waals surface area contributed by atoms with Gasteiger partial charge in [-0.2, -0.15) is 0 Å². The molecule has 0 aromatic heterocycles. The van der Waals surface area contributed by atoms with Gasteiger partial charge in [-0.05, 0) is 6.92 Å². The van der Waals surface area contributed by atoms with Crippen LogP contribution in [0.2, 0.25) is 0 Å². The zero-order valence-corrected chi connectivity index (χ0v) is 6.18. The monoisotopic (exact) mass is 143 g/mol. The van der Waals surface area contributed by atoms with Gasteiger partial charge >= 0.3 is 0 Å². The summed E-state index contributed by atoms with van der Waals surface area (Å²) in [6.45, 7) is 4.61. The largest absolute Gasteiger partial charge is 0.299 e. The van der Waals surface area contributed by atoms with E-state index in [-0.39, 0.29) is 5.78 Å². The number of nitrogens with zero attached hydrogens (tertiary/aromatic N) is 1. The van der Waals surface area contributed by atoms with Crippen molar-refractivity contribution in [2.24, 2.45) is 0 Å². The van der Waals surface area contributed by atoms with Crippen molar-refractivity contribution in [1.29, 1.82) is 0 Å². The number of rotatable bonds is 2. The lowest BCUT2D eigenvalue weighted by molar-refractivity contribution is -0.118. The lowest BCUT2D eigenvalue weighted by Crippen LogP contribution is -2.51. The van der Waals surface area contributed by atoms with Gasteiger partial charge in [-0.1, -0.05) is 0 Å². The fourth-order valence-corrected chi connectivity index (χ4v) is 0.999. The number of Topliss-reactive ketones (excluding diaryl/α,β-unsaturated/α-hetero) is 1. The summed E-state index contributed by atoms with van der Waals surface area (Å²) in [4.78, 5) is 12.6. The molecule has 0 radical (unpaired) electrons. The van der Waals surface area contributed by atoms with Crippen LogP contribution < -0.4 is 10.6 Å². The summed E-state index contributed by atoms with van der Waals surface area (Å²) >= 11 is 0. The normalized spacial score (nSPS) is 20.9. The standard InChI is InChI=1S/C6H13N3O/c1-6(10)2-9-4-7-3-8-5-9/h7-8H,2-5H2,1H3. The van der Waals surface area contributed by atoms with E-state index in [9.17, 15) is 4.79 Å². The third-order valence-corrected chi connectivity index (χ3v) is 1.37. The SMILES string of the molecule is CC(=O)CN1CNCNC1. The van der Waals surface area contributed by atoms with E-state index >= 15 is 0 Å². The summed E-state index contributed by atoms with van der Waals surface area (Å²) in [5.74, 6) is 0.213. The van der Waals surface area contributed by atoms with Gasteiger partial charge in [-0.15, -0.1) is 0 Å². The maximum absolute atomic E-state index is 10.6. The average Bonchev–Trinajstić information content (AvgIpc) is 1.88. The van der Waals surface area contributed by atoms with Crippen LogP contribution in [-0.2, 0) is 4.79 Å². The Hall–Kier alpha value is -0.450. The molecule has 0 spiro atoms. The molecule has 0 aromatic carbocycles. The van der Waals surface area contributed by atoms with Gasteiger partial charge in [0.25, 0.3) is 0 Å². The quantitative estimate of drug-likeness (QED) is 0.517. The van der Waals surface area contributed by atoms with Crippen LogP contribution in [0.5, 0.6) is 0 Å². The second-order valence-electron chi connectivity index (χ2n) is 2.52. The maximum Gasteiger partial charge on any atom is 0.143 e. The van der Waals surface area contributed by atoms with Gasteiger partial charge < -0.3 is 0 Å². The first-order chi connectivity index (χ1) is 4.79. The third-order valence-electron chi connectivity index (χ3n) is 1.37. The van der Waals surface area contributed by atoms with Crippen LogP contribution in [0, 0.1) is 0 Å². The molecule has 1 aliphatic heterocycles. The fraction of sp³-hybridized carbons (Fsp3) is 0.833. The van der Waals surface area contributed by atoms with Crippen LogP contribution in [0.4, 0.5) is 0 Å². The predicted molar refractivity (Wildman–Crippen MR) is 38.3 cm³/mol. The zero-order valence-electron chi connectivity index (χ0n) is 6.18. The minimum atomic E-state index is 0.213. The molecule has 1 rings (SSSR count). The zero-order chi connectivity index (χ0) is 7.40. The molecule has 4 heteroatoms. The van der Waals surface area contributed by atoms with Crippen molar-refractivity contribution in [3.05, 3.63) is 0 Å². The molecule has 1 heterocycles. The molecule has 0 aliphatic carbocycles. The molecular weight excluding hydrogens is 130 g/mol. The Balaban J connectivity index is 2.19. The number of nitrogens with one attached hydrogen (secondary N) is 2. The summed E-state index contributed by atoms with van der Waals surface area (Å²) in [7, 11) is 0. The topological polar surface area (TPSA) is 44.4 Å². The maximum atomic E-state index is 10.6. The fourth-order valence-electron chi connectivity index (χ4n) is 0.999. The highest BCUT2D eigenvalue weighted by Crippen LogP contribution is 1.86. The molecule has 1 aliphatic rings. The first-order valence-electron chi connectivity index (χ1n) is 3.42. The second kappa shape index (κ2) is 3.65.